The average Bonchev–Trinajstić information content (AvgIpc) is 2.98. The number of anilines is 1. The maximum atomic E-state index is 12.4. The first kappa shape index (κ1) is 31.5. The van der Waals surface area contributed by atoms with Crippen LogP contribution in [0.3, 0.4) is 0 Å². The van der Waals surface area contributed by atoms with Gasteiger partial charge in [-0.2, -0.15) is 5.10 Å². The molecule has 0 aliphatic heterocycles. The van der Waals surface area contributed by atoms with Crippen LogP contribution in [-0.4, -0.2) is 57.9 Å². The second kappa shape index (κ2) is 15.7. The van der Waals surface area contributed by atoms with Gasteiger partial charge in [-0.15, -0.1) is 0 Å². The molecular formula is C31H36N4O7. The number of amides is 3. The zero-order valence-corrected chi connectivity index (χ0v) is 24.4. The molecule has 3 aromatic rings. The summed E-state index contributed by atoms with van der Waals surface area (Å²) in [6.07, 6.45) is 1.86. The highest BCUT2D eigenvalue weighted by atomic mass is 16.5. The normalized spacial score (nSPS) is 10.6. The van der Waals surface area contributed by atoms with Gasteiger partial charge >= 0.3 is 11.8 Å². The Labute approximate surface area is 245 Å². The van der Waals surface area contributed by atoms with E-state index in [9.17, 15) is 14.4 Å². The number of hydrogen-bond donors (Lipinski definition) is 3. The van der Waals surface area contributed by atoms with Gasteiger partial charge in [0.1, 0.15) is 0 Å². The van der Waals surface area contributed by atoms with Crippen LogP contribution in [0.25, 0.3) is 0 Å². The number of nitrogens with one attached hydrogen (secondary N) is 3. The van der Waals surface area contributed by atoms with E-state index in [0.717, 1.165) is 16.7 Å². The van der Waals surface area contributed by atoms with Crippen molar-refractivity contribution in [2.45, 2.75) is 27.2 Å². The lowest BCUT2D eigenvalue weighted by Crippen LogP contribution is -2.38. The Bertz CT molecular complexity index is 1440. The Morgan fingerprint density at radius 2 is 1.57 bits per heavy atom. The lowest BCUT2D eigenvalue weighted by Gasteiger charge is -2.13. The first-order valence-electron chi connectivity index (χ1n) is 13.3. The Kier molecular flexibility index (Phi) is 11.7. The van der Waals surface area contributed by atoms with Crippen molar-refractivity contribution in [3.05, 3.63) is 76.9 Å². The highest BCUT2D eigenvalue weighted by Crippen LogP contribution is 2.29. The van der Waals surface area contributed by atoms with E-state index in [1.807, 2.05) is 51.1 Å². The average molecular weight is 577 g/mol. The van der Waals surface area contributed by atoms with Crippen LogP contribution in [0.4, 0.5) is 5.69 Å². The van der Waals surface area contributed by atoms with Crippen LogP contribution in [0.5, 0.6) is 23.0 Å². The van der Waals surface area contributed by atoms with Gasteiger partial charge < -0.3 is 29.6 Å². The summed E-state index contributed by atoms with van der Waals surface area (Å²) in [6, 6.07) is 16.1. The molecule has 0 aromatic heterocycles. The number of aryl methyl sites for hydroxylation is 2. The third-order valence-corrected chi connectivity index (χ3v) is 6.15. The van der Waals surface area contributed by atoms with Crippen LogP contribution < -0.4 is 35.0 Å². The quantitative estimate of drug-likeness (QED) is 0.161. The first-order valence-corrected chi connectivity index (χ1v) is 13.3. The van der Waals surface area contributed by atoms with E-state index in [-0.39, 0.29) is 19.1 Å². The van der Waals surface area contributed by atoms with E-state index >= 15 is 0 Å². The monoisotopic (exact) mass is 576 g/mol. The number of methoxy groups -OCH3 is 2. The number of hydrazone groups is 1. The summed E-state index contributed by atoms with van der Waals surface area (Å²) < 4.78 is 21.8. The van der Waals surface area contributed by atoms with Crippen molar-refractivity contribution in [2.24, 2.45) is 5.10 Å². The minimum absolute atomic E-state index is 0.211. The van der Waals surface area contributed by atoms with E-state index in [2.05, 4.69) is 21.2 Å². The minimum Gasteiger partial charge on any atom is -0.493 e. The molecule has 42 heavy (non-hydrogen) atoms. The second-order valence-corrected chi connectivity index (χ2v) is 9.17. The van der Waals surface area contributed by atoms with E-state index in [0.29, 0.717) is 47.3 Å². The summed E-state index contributed by atoms with van der Waals surface area (Å²) in [5.41, 5.74) is 6.60. The number of nitrogens with zero attached hydrogens (tertiary/aromatic N) is 1. The fourth-order valence-corrected chi connectivity index (χ4v) is 3.81. The largest absolute Gasteiger partial charge is 0.493 e. The highest BCUT2D eigenvalue weighted by Gasteiger charge is 2.13. The number of carbonyl (C=O) groups excluding carboxylic acids is 3. The second-order valence-electron chi connectivity index (χ2n) is 9.17. The van der Waals surface area contributed by atoms with Crippen LogP contribution >= 0.6 is 0 Å². The van der Waals surface area contributed by atoms with Gasteiger partial charge in [-0.3, -0.25) is 14.4 Å². The van der Waals surface area contributed by atoms with Crippen LogP contribution in [0.1, 0.15) is 29.2 Å². The first-order chi connectivity index (χ1) is 20.2. The van der Waals surface area contributed by atoms with Crippen molar-refractivity contribution >= 4 is 29.6 Å². The lowest BCUT2D eigenvalue weighted by molar-refractivity contribution is -0.139. The predicted molar refractivity (Wildman–Crippen MR) is 160 cm³/mol. The molecule has 0 saturated carbocycles. The standard InChI is InChI=1S/C31H36N4O7/c1-6-41-28-17-23(9-12-26(28)42-19-29(36)34-24-10-7-20(2)21(3)15-24)18-33-35-31(38)30(37)32-14-13-22-8-11-25(39-4)27(16-22)40-5/h7-12,15-18H,6,13-14,19H2,1-5H3,(H,32,37)(H,34,36)(H,35,38)/b33-18-. The molecule has 3 amide bonds. The molecule has 3 aromatic carbocycles. The van der Waals surface area contributed by atoms with Gasteiger partial charge in [-0.1, -0.05) is 12.1 Å². The van der Waals surface area contributed by atoms with Gasteiger partial charge in [0.25, 0.3) is 5.91 Å². The lowest BCUT2D eigenvalue weighted by atomic mass is 10.1. The van der Waals surface area contributed by atoms with Crippen LogP contribution in [0, 0.1) is 13.8 Å². The molecule has 0 spiro atoms. The van der Waals surface area contributed by atoms with E-state index in [1.54, 1.807) is 38.5 Å². The third-order valence-electron chi connectivity index (χ3n) is 6.15. The fraction of sp³-hybridized carbons (Fsp3) is 0.290. The van der Waals surface area contributed by atoms with Crippen molar-refractivity contribution < 1.29 is 33.3 Å². The molecule has 0 atom stereocenters. The molecule has 0 unspecified atom stereocenters. The molecule has 0 radical (unpaired) electrons. The molecule has 11 heteroatoms. The van der Waals surface area contributed by atoms with Crippen molar-refractivity contribution in [1.29, 1.82) is 0 Å². The molecule has 0 fully saturated rings. The van der Waals surface area contributed by atoms with Crippen molar-refractivity contribution in [2.75, 3.05) is 39.3 Å². The summed E-state index contributed by atoms with van der Waals surface area (Å²) in [5, 5.41) is 9.23. The summed E-state index contributed by atoms with van der Waals surface area (Å²) in [7, 11) is 3.10. The smallest absolute Gasteiger partial charge is 0.329 e. The molecular weight excluding hydrogens is 540 g/mol. The van der Waals surface area contributed by atoms with E-state index in [4.69, 9.17) is 18.9 Å². The van der Waals surface area contributed by atoms with Crippen molar-refractivity contribution in [1.82, 2.24) is 10.7 Å². The molecule has 3 N–H and O–H groups in total. The molecule has 0 aliphatic carbocycles. The van der Waals surface area contributed by atoms with Crippen LogP contribution in [-0.2, 0) is 20.8 Å². The Morgan fingerprint density at radius 1 is 0.810 bits per heavy atom. The Balaban J connectivity index is 1.49. The number of ether oxygens (including phenoxy) is 4. The van der Waals surface area contributed by atoms with Crippen LogP contribution in [0.15, 0.2) is 59.7 Å². The van der Waals surface area contributed by atoms with E-state index in [1.165, 1.54) is 6.21 Å². The maximum Gasteiger partial charge on any atom is 0.329 e. The summed E-state index contributed by atoms with van der Waals surface area (Å²) in [6.45, 7) is 6.20. The Hall–Kier alpha value is -5.06. The van der Waals surface area contributed by atoms with Gasteiger partial charge in [-0.25, -0.2) is 5.43 Å². The Morgan fingerprint density at radius 3 is 2.29 bits per heavy atom. The molecule has 0 aliphatic rings. The third kappa shape index (κ3) is 9.26. The van der Waals surface area contributed by atoms with Crippen molar-refractivity contribution in [3.8, 4) is 23.0 Å². The molecule has 0 heterocycles. The number of carbonyl (C=O) groups is 3. The van der Waals surface area contributed by atoms with Gasteiger partial charge in [-0.05, 0) is 91.9 Å². The van der Waals surface area contributed by atoms with Gasteiger partial charge in [0.2, 0.25) is 0 Å². The molecule has 11 nitrogen and oxygen atoms in total. The number of rotatable bonds is 13. The predicted octanol–water partition coefficient (Wildman–Crippen LogP) is 3.55. The zero-order chi connectivity index (χ0) is 30.5. The summed E-state index contributed by atoms with van der Waals surface area (Å²) in [4.78, 5) is 36.7. The van der Waals surface area contributed by atoms with Gasteiger partial charge in [0.15, 0.2) is 29.6 Å². The van der Waals surface area contributed by atoms with Gasteiger partial charge in [0, 0.05) is 12.2 Å². The molecule has 222 valence electrons. The van der Waals surface area contributed by atoms with Gasteiger partial charge in [0.05, 0.1) is 27.0 Å². The number of hydrogen-bond acceptors (Lipinski definition) is 8. The fourth-order valence-electron chi connectivity index (χ4n) is 3.81. The van der Waals surface area contributed by atoms with Crippen molar-refractivity contribution in [3.63, 3.8) is 0 Å². The summed E-state index contributed by atoms with van der Waals surface area (Å²) in [5.74, 6) is -0.0600. The SMILES string of the molecule is CCOc1cc(/C=N\NC(=O)C(=O)NCCc2ccc(OC)c(OC)c2)ccc1OCC(=O)Nc1ccc(C)c(C)c1. The van der Waals surface area contributed by atoms with E-state index < -0.39 is 11.8 Å². The van der Waals surface area contributed by atoms with Crippen LogP contribution in [0.2, 0.25) is 0 Å². The molecule has 0 saturated heterocycles. The minimum atomic E-state index is -0.904. The zero-order valence-electron chi connectivity index (χ0n) is 24.4. The highest BCUT2D eigenvalue weighted by molar-refractivity contribution is 6.35. The molecule has 0 bridgehead atoms. The number of benzene rings is 3. The topological polar surface area (TPSA) is 137 Å². The molecule has 3 rings (SSSR count). The maximum absolute atomic E-state index is 12.4. The summed E-state index contributed by atoms with van der Waals surface area (Å²) >= 11 is 0.